The summed E-state index contributed by atoms with van der Waals surface area (Å²) in [5.74, 6) is -0.823. The van der Waals surface area contributed by atoms with Crippen LogP contribution in [0.3, 0.4) is 0 Å². The van der Waals surface area contributed by atoms with Crippen LogP contribution in [0.15, 0.2) is 18.2 Å². The minimum atomic E-state index is -0.766. The van der Waals surface area contributed by atoms with Gasteiger partial charge in [-0.1, -0.05) is 26.7 Å². The van der Waals surface area contributed by atoms with Gasteiger partial charge in [-0.2, -0.15) is 0 Å². The molecule has 0 bridgehead atoms. The van der Waals surface area contributed by atoms with E-state index in [0.29, 0.717) is 12.0 Å². The van der Waals surface area contributed by atoms with Gasteiger partial charge in [0.2, 0.25) is 0 Å². The first-order valence-corrected chi connectivity index (χ1v) is 6.11. The lowest BCUT2D eigenvalue weighted by atomic mass is 9.61. The molecule has 0 heterocycles. The van der Waals surface area contributed by atoms with Crippen LogP contribution in [0.2, 0.25) is 0 Å². The first kappa shape index (κ1) is 12.5. The van der Waals surface area contributed by atoms with E-state index in [1.165, 1.54) is 12.1 Å². The summed E-state index contributed by atoms with van der Waals surface area (Å²) in [6.45, 7) is 4.08. The average Bonchev–Trinajstić information content (AvgIpc) is 2.26. The van der Waals surface area contributed by atoms with E-state index in [4.69, 9.17) is 5.73 Å². The van der Waals surface area contributed by atoms with Crippen molar-refractivity contribution in [2.75, 3.05) is 0 Å². The van der Waals surface area contributed by atoms with Gasteiger partial charge in [-0.3, -0.25) is 0 Å². The quantitative estimate of drug-likeness (QED) is 0.794. The second-order valence-electron chi connectivity index (χ2n) is 5.69. The zero-order chi connectivity index (χ0) is 12.7. The third-order valence-electron chi connectivity index (χ3n) is 4.24. The van der Waals surface area contributed by atoms with Gasteiger partial charge in [-0.15, -0.1) is 0 Å². The highest BCUT2D eigenvalue weighted by Crippen LogP contribution is 2.48. The van der Waals surface area contributed by atoms with E-state index in [-0.39, 0.29) is 5.41 Å². The molecule has 2 rings (SSSR count). The highest BCUT2D eigenvalue weighted by Gasteiger charge is 2.46. The Morgan fingerprint density at radius 3 is 2.41 bits per heavy atom. The molecule has 1 unspecified atom stereocenters. The molecule has 1 fully saturated rings. The maximum Gasteiger partial charge on any atom is 0.128 e. The minimum Gasteiger partial charge on any atom is -0.321 e. The van der Waals surface area contributed by atoms with Gasteiger partial charge in [0.25, 0.3) is 0 Å². The Hall–Kier alpha value is -0.960. The molecule has 0 radical (unpaired) electrons. The molecule has 1 saturated carbocycles. The molecule has 0 amide bonds. The van der Waals surface area contributed by atoms with Crippen molar-refractivity contribution >= 4 is 0 Å². The fourth-order valence-corrected chi connectivity index (χ4v) is 2.87. The second kappa shape index (κ2) is 4.05. The molecule has 1 atom stereocenters. The number of benzene rings is 1. The molecule has 1 nitrogen and oxygen atoms in total. The fraction of sp³-hybridized carbons (Fsp3) is 0.571. The van der Waals surface area contributed by atoms with Crippen molar-refractivity contribution in [3.8, 4) is 0 Å². The van der Waals surface area contributed by atoms with Crippen molar-refractivity contribution < 1.29 is 8.78 Å². The lowest BCUT2D eigenvalue weighted by molar-refractivity contribution is 0.0940. The number of halogens is 2. The summed E-state index contributed by atoms with van der Waals surface area (Å²) in [6, 6.07) is 3.56. The first-order chi connectivity index (χ1) is 7.87. The molecule has 0 aromatic heterocycles. The van der Waals surface area contributed by atoms with Crippen molar-refractivity contribution in [2.45, 2.75) is 45.1 Å². The summed E-state index contributed by atoms with van der Waals surface area (Å²) in [5, 5.41) is 0. The molecule has 1 aromatic rings. The van der Waals surface area contributed by atoms with Crippen molar-refractivity contribution in [1.29, 1.82) is 0 Å². The summed E-state index contributed by atoms with van der Waals surface area (Å²) in [5.41, 5.74) is 5.77. The third kappa shape index (κ3) is 1.97. The van der Waals surface area contributed by atoms with E-state index in [2.05, 4.69) is 0 Å². The molecular weight excluding hydrogens is 220 g/mol. The lowest BCUT2D eigenvalue weighted by Gasteiger charge is -2.48. The Labute approximate surface area is 101 Å². The summed E-state index contributed by atoms with van der Waals surface area (Å²) in [4.78, 5) is 0. The summed E-state index contributed by atoms with van der Waals surface area (Å²) >= 11 is 0. The van der Waals surface area contributed by atoms with Gasteiger partial charge in [0, 0.05) is 11.1 Å². The maximum atomic E-state index is 13.9. The van der Waals surface area contributed by atoms with E-state index in [9.17, 15) is 8.78 Å². The van der Waals surface area contributed by atoms with Crippen LogP contribution in [0.25, 0.3) is 0 Å². The summed E-state index contributed by atoms with van der Waals surface area (Å²) in [7, 11) is 0. The van der Waals surface area contributed by atoms with Crippen molar-refractivity contribution in [1.82, 2.24) is 0 Å². The van der Waals surface area contributed by atoms with Crippen molar-refractivity contribution in [3.05, 3.63) is 35.4 Å². The molecule has 0 saturated heterocycles. The number of rotatable bonds is 1. The normalized spacial score (nSPS) is 28.1. The highest BCUT2D eigenvalue weighted by molar-refractivity contribution is 5.29. The van der Waals surface area contributed by atoms with Gasteiger partial charge >= 0.3 is 0 Å². The third-order valence-corrected chi connectivity index (χ3v) is 4.24. The topological polar surface area (TPSA) is 26.0 Å². The lowest BCUT2D eigenvalue weighted by Crippen LogP contribution is -2.52. The Bertz CT molecular complexity index is 428. The van der Waals surface area contributed by atoms with Gasteiger partial charge in [-0.25, -0.2) is 8.78 Å². The molecular formula is C14H19F2N. The van der Waals surface area contributed by atoms with Crippen LogP contribution >= 0.6 is 0 Å². The molecule has 2 N–H and O–H groups in total. The first-order valence-electron chi connectivity index (χ1n) is 6.11. The number of nitrogens with two attached hydrogens (primary N) is 1. The fourth-order valence-electron chi connectivity index (χ4n) is 2.87. The Morgan fingerprint density at radius 2 is 1.76 bits per heavy atom. The molecule has 0 aliphatic heterocycles. The van der Waals surface area contributed by atoms with Crippen LogP contribution in [0.1, 0.15) is 45.1 Å². The minimum absolute atomic E-state index is 0.208. The van der Waals surface area contributed by atoms with Crippen LogP contribution in [-0.4, -0.2) is 0 Å². The van der Waals surface area contributed by atoms with Crippen molar-refractivity contribution in [2.24, 2.45) is 11.1 Å². The van der Waals surface area contributed by atoms with E-state index in [1.807, 2.05) is 13.8 Å². The zero-order valence-electron chi connectivity index (χ0n) is 10.4. The predicted octanol–water partition coefficient (Wildman–Crippen LogP) is 3.72. The summed E-state index contributed by atoms with van der Waals surface area (Å²) < 4.78 is 27.2. The molecule has 17 heavy (non-hydrogen) atoms. The summed E-state index contributed by atoms with van der Waals surface area (Å²) in [6.07, 6.45) is 3.72. The SMILES string of the molecule is CC1(C)CCCCC1(N)c1cc(F)ccc1F. The van der Waals surface area contributed by atoms with Gasteiger partial charge in [0.1, 0.15) is 11.6 Å². The van der Waals surface area contributed by atoms with Crippen LogP contribution in [0.4, 0.5) is 8.78 Å². The highest BCUT2D eigenvalue weighted by atomic mass is 19.1. The Kier molecular flexibility index (Phi) is 2.98. The van der Waals surface area contributed by atoms with Crippen LogP contribution in [0, 0.1) is 17.0 Å². The van der Waals surface area contributed by atoms with E-state index in [1.54, 1.807) is 0 Å². The Balaban J connectivity index is 2.52. The molecule has 94 valence electrons. The predicted molar refractivity (Wildman–Crippen MR) is 64.5 cm³/mol. The van der Waals surface area contributed by atoms with Crippen molar-refractivity contribution in [3.63, 3.8) is 0 Å². The van der Waals surface area contributed by atoms with E-state index in [0.717, 1.165) is 25.3 Å². The molecule has 1 aliphatic carbocycles. The molecule has 1 aliphatic rings. The smallest absolute Gasteiger partial charge is 0.128 e. The maximum absolute atomic E-state index is 13.9. The van der Waals surface area contributed by atoms with Gasteiger partial charge in [0.05, 0.1) is 0 Å². The van der Waals surface area contributed by atoms with Crippen LogP contribution < -0.4 is 5.73 Å². The van der Waals surface area contributed by atoms with E-state index < -0.39 is 17.2 Å². The number of hydrogen-bond donors (Lipinski definition) is 1. The second-order valence-corrected chi connectivity index (χ2v) is 5.69. The average molecular weight is 239 g/mol. The van der Waals surface area contributed by atoms with Gasteiger partial charge in [0.15, 0.2) is 0 Å². The molecule has 1 aromatic carbocycles. The van der Waals surface area contributed by atoms with E-state index >= 15 is 0 Å². The standard InChI is InChI=1S/C14H19F2N/c1-13(2)7-3-4-8-14(13,17)11-9-10(15)5-6-12(11)16/h5-6,9H,3-4,7-8,17H2,1-2H3. The van der Waals surface area contributed by atoms with Gasteiger partial charge in [-0.05, 0) is 36.5 Å². The molecule has 0 spiro atoms. The molecule has 3 heteroatoms. The van der Waals surface area contributed by atoms with Crippen LogP contribution in [-0.2, 0) is 5.54 Å². The largest absolute Gasteiger partial charge is 0.321 e. The monoisotopic (exact) mass is 239 g/mol. The number of hydrogen-bond acceptors (Lipinski definition) is 1. The Morgan fingerprint density at radius 1 is 1.12 bits per heavy atom. The zero-order valence-corrected chi connectivity index (χ0v) is 10.4. The van der Waals surface area contributed by atoms with Gasteiger partial charge < -0.3 is 5.73 Å². The van der Waals surface area contributed by atoms with Crippen LogP contribution in [0.5, 0.6) is 0 Å².